The van der Waals surface area contributed by atoms with Gasteiger partial charge in [0.1, 0.15) is 17.2 Å². The molecule has 0 saturated heterocycles. The van der Waals surface area contributed by atoms with Crippen LogP contribution in [0.1, 0.15) is 35.3 Å². The third-order valence-electron chi connectivity index (χ3n) is 4.36. The molecule has 7 nitrogen and oxygen atoms in total. The van der Waals surface area contributed by atoms with Gasteiger partial charge in [0.2, 0.25) is 5.78 Å². The molecule has 30 heavy (non-hydrogen) atoms. The van der Waals surface area contributed by atoms with Crippen LogP contribution in [-0.2, 0) is 20.9 Å². The Bertz CT molecular complexity index is 1040. The highest BCUT2D eigenvalue weighted by Crippen LogP contribution is 2.38. The maximum Gasteiger partial charge on any atom is 0.344 e. The molecule has 8 heteroatoms. The molecule has 2 aromatic carbocycles. The highest BCUT2D eigenvalue weighted by atomic mass is 35.5. The summed E-state index contributed by atoms with van der Waals surface area (Å²) in [7, 11) is 0. The van der Waals surface area contributed by atoms with Gasteiger partial charge in [0.25, 0.3) is 0 Å². The summed E-state index contributed by atoms with van der Waals surface area (Å²) in [4.78, 5) is 24.4. The Hall–Kier alpha value is -3.03. The number of fused-ring (bicyclic) bond motifs is 2. The number of hydrogen-bond donors (Lipinski definition) is 0. The summed E-state index contributed by atoms with van der Waals surface area (Å²) in [5, 5.41) is 0.502. The van der Waals surface area contributed by atoms with Crippen LogP contribution in [0.3, 0.4) is 0 Å². The zero-order valence-corrected chi connectivity index (χ0v) is 17.2. The third-order valence-corrected chi connectivity index (χ3v) is 4.57. The van der Waals surface area contributed by atoms with Crippen LogP contribution in [0.15, 0.2) is 36.1 Å². The zero-order chi connectivity index (χ0) is 21.3. The van der Waals surface area contributed by atoms with Crippen molar-refractivity contribution in [1.29, 1.82) is 0 Å². The SMILES string of the molecule is CC(C)OC(=O)COc1ccc2c(c1)OC(=Cc1cc(Cl)cc3c1OCOC3)C2=O. The number of ether oxygens (including phenoxy) is 5. The first-order valence-electron chi connectivity index (χ1n) is 9.34. The Morgan fingerprint density at radius 1 is 1.27 bits per heavy atom. The van der Waals surface area contributed by atoms with E-state index >= 15 is 0 Å². The van der Waals surface area contributed by atoms with Crippen LogP contribution >= 0.6 is 11.6 Å². The Kier molecular flexibility index (Phi) is 5.65. The second-order valence-electron chi connectivity index (χ2n) is 7.02. The van der Waals surface area contributed by atoms with E-state index in [4.69, 9.17) is 35.3 Å². The fourth-order valence-electron chi connectivity index (χ4n) is 3.15. The third kappa shape index (κ3) is 4.27. The van der Waals surface area contributed by atoms with Crippen molar-refractivity contribution in [3.05, 3.63) is 57.8 Å². The smallest absolute Gasteiger partial charge is 0.344 e. The highest BCUT2D eigenvalue weighted by molar-refractivity contribution is 6.31. The summed E-state index contributed by atoms with van der Waals surface area (Å²) in [5.41, 5.74) is 1.83. The van der Waals surface area contributed by atoms with Gasteiger partial charge >= 0.3 is 5.97 Å². The van der Waals surface area contributed by atoms with Crippen molar-refractivity contribution in [2.24, 2.45) is 0 Å². The first-order chi connectivity index (χ1) is 14.4. The molecule has 4 rings (SSSR count). The molecule has 0 unspecified atom stereocenters. The van der Waals surface area contributed by atoms with Gasteiger partial charge in [0, 0.05) is 22.2 Å². The Balaban J connectivity index is 1.54. The molecular formula is C22H19ClO7. The second kappa shape index (κ2) is 8.38. The summed E-state index contributed by atoms with van der Waals surface area (Å²) in [5.74, 6) is 0.749. The minimum Gasteiger partial charge on any atom is -0.482 e. The van der Waals surface area contributed by atoms with E-state index in [2.05, 4.69) is 0 Å². The van der Waals surface area contributed by atoms with Crippen LogP contribution in [0.25, 0.3) is 6.08 Å². The van der Waals surface area contributed by atoms with Gasteiger partial charge in [-0.2, -0.15) is 0 Å². The molecule has 0 spiro atoms. The Morgan fingerprint density at radius 3 is 2.90 bits per heavy atom. The van der Waals surface area contributed by atoms with Crippen molar-refractivity contribution >= 4 is 29.4 Å². The monoisotopic (exact) mass is 430 g/mol. The predicted molar refractivity (Wildman–Crippen MR) is 108 cm³/mol. The number of rotatable bonds is 5. The lowest BCUT2D eigenvalue weighted by molar-refractivity contribution is -0.149. The number of hydrogen-bond acceptors (Lipinski definition) is 7. The van der Waals surface area contributed by atoms with E-state index in [1.54, 1.807) is 50.3 Å². The van der Waals surface area contributed by atoms with E-state index < -0.39 is 5.97 Å². The van der Waals surface area contributed by atoms with Crippen molar-refractivity contribution < 1.29 is 33.3 Å². The average Bonchev–Trinajstić information content (AvgIpc) is 3.00. The number of ketones is 1. The van der Waals surface area contributed by atoms with Gasteiger partial charge in [-0.05, 0) is 44.2 Å². The lowest BCUT2D eigenvalue weighted by atomic mass is 10.1. The Morgan fingerprint density at radius 2 is 2.10 bits per heavy atom. The summed E-state index contributed by atoms with van der Waals surface area (Å²) in [6.07, 6.45) is 1.38. The molecule has 0 aliphatic carbocycles. The first kappa shape index (κ1) is 20.3. The van der Waals surface area contributed by atoms with Crippen molar-refractivity contribution in [3.8, 4) is 17.2 Å². The van der Waals surface area contributed by atoms with Crippen molar-refractivity contribution in [2.45, 2.75) is 26.6 Å². The molecule has 0 radical (unpaired) electrons. The maximum absolute atomic E-state index is 12.7. The molecule has 0 bridgehead atoms. The van der Waals surface area contributed by atoms with E-state index in [0.29, 0.717) is 40.0 Å². The number of benzene rings is 2. The average molecular weight is 431 g/mol. The largest absolute Gasteiger partial charge is 0.482 e. The summed E-state index contributed by atoms with van der Waals surface area (Å²) >= 11 is 6.18. The number of esters is 1. The van der Waals surface area contributed by atoms with Gasteiger partial charge in [-0.1, -0.05) is 11.6 Å². The standard InChI is InChI=1S/C22H19ClO7/c1-12(2)29-20(24)10-27-16-3-4-17-18(8-16)30-19(21(17)25)7-13-5-15(23)6-14-9-26-11-28-22(13)14/h3-8,12H,9-11H2,1-2H3. The van der Waals surface area contributed by atoms with Gasteiger partial charge in [-0.3, -0.25) is 4.79 Å². The lowest BCUT2D eigenvalue weighted by Crippen LogP contribution is -2.18. The fraction of sp³-hybridized carbons (Fsp3) is 0.273. The minimum absolute atomic E-state index is 0.125. The topological polar surface area (TPSA) is 80.3 Å². The van der Waals surface area contributed by atoms with Crippen LogP contribution in [0.4, 0.5) is 0 Å². The van der Waals surface area contributed by atoms with E-state index in [1.807, 2.05) is 0 Å². The van der Waals surface area contributed by atoms with Crippen LogP contribution in [0.2, 0.25) is 5.02 Å². The molecule has 156 valence electrons. The molecule has 2 aliphatic rings. The molecule has 0 N–H and O–H groups in total. The van der Waals surface area contributed by atoms with Crippen LogP contribution < -0.4 is 14.2 Å². The van der Waals surface area contributed by atoms with Gasteiger partial charge in [0.05, 0.1) is 18.3 Å². The van der Waals surface area contributed by atoms with Crippen molar-refractivity contribution in [1.82, 2.24) is 0 Å². The number of Topliss-reactive ketones (excluding diaryl/α,β-unsaturated/α-hetero) is 1. The molecule has 0 saturated carbocycles. The van der Waals surface area contributed by atoms with Crippen molar-refractivity contribution in [2.75, 3.05) is 13.4 Å². The predicted octanol–water partition coefficient (Wildman–Crippen LogP) is 4.15. The Labute approximate surface area is 178 Å². The van der Waals surface area contributed by atoms with Gasteiger partial charge in [-0.25, -0.2) is 4.79 Å². The first-order valence-corrected chi connectivity index (χ1v) is 9.72. The van der Waals surface area contributed by atoms with Gasteiger partial charge in [-0.15, -0.1) is 0 Å². The van der Waals surface area contributed by atoms with E-state index in [0.717, 1.165) is 5.56 Å². The van der Waals surface area contributed by atoms with Crippen LogP contribution in [0, 0.1) is 0 Å². The number of allylic oxidation sites excluding steroid dienone is 1. The second-order valence-corrected chi connectivity index (χ2v) is 7.46. The van der Waals surface area contributed by atoms with Crippen LogP contribution in [-0.4, -0.2) is 31.3 Å². The summed E-state index contributed by atoms with van der Waals surface area (Å²) in [6, 6.07) is 8.23. The highest BCUT2D eigenvalue weighted by Gasteiger charge is 2.29. The number of halogens is 1. The molecule has 0 fully saturated rings. The van der Waals surface area contributed by atoms with Gasteiger partial charge < -0.3 is 23.7 Å². The number of carbonyl (C=O) groups is 2. The van der Waals surface area contributed by atoms with E-state index in [9.17, 15) is 9.59 Å². The quantitative estimate of drug-likeness (QED) is 0.520. The molecule has 0 atom stereocenters. The van der Waals surface area contributed by atoms with Gasteiger partial charge in [0.15, 0.2) is 19.2 Å². The fourth-order valence-corrected chi connectivity index (χ4v) is 3.40. The molecule has 2 heterocycles. The van der Waals surface area contributed by atoms with Crippen molar-refractivity contribution in [3.63, 3.8) is 0 Å². The number of carbonyl (C=O) groups excluding carboxylic acids is 2. The molecular weight excluding hydrogens is 412 g/mol. The maximum atomic E-state index is 12.7. The minimum atomic E-state index is -0.474. The van der Waals surface area contributed by atoms with Crippen LogP contribution in [0.5, 0.6) is 17.2 Å². The molecule has 0 aromatic heterocycles. The van der Waals surface area contributed by atoms with E-state index in [1.165, 1.54) is 0 Å². The summed E-state index contributed by atoms with van der Waals surface area (Å²) in [6.45, 7) is 3.79. The lowest BCUT2D eigenvalue weighted by Gasteiger charge is -2.20. The molecule has 0 amide bonds. The molecule has 2 aromatic rings. The summed E-state index contributed by atoms with van der Waals surface area (Å²) < 4.78 is 27.1. The molecule has 2 aliphatic heterocycles. The van der Waals surface area contributed by atoms with E-state index in [-0.39, 0.29) is 31.0 Å². The zero-order valence-electron chi connectivity index (χ0n) is 16.4. The normalized spacial score (nSPS) is 16.0.